The van der Waals surface area contributed by atoms with Crippen molar-refractivity contribution in [1.29, 1.82) is 0 Å². The lowest BCUT2D eigenvalue weighted by molar-refractivity contribution is -0.275. The van der Waals surface area contributed by atoms with Gasteiger partial charge in [0.2, 0.25) is 0 Å². The first-order chi connectivity index (χ1) is 6.85. The van der Waals surface area contributed by atoms with Crippen LogP contribution in [0.2, 0.25) is 0 Å². The first-order valence-electron chi connectivity index (χ1n) is 3.88. The zero-order chi connectivity index (χ0) is 11.6. The number of aryl methyl sites for hydroxylation is 1. The summed E-state index contributed by atoms with van der Waals surface area (Å²) in [6, 6.07) is 0. The van der Waals surface area contributed by atoms with Crippen molar-refractivity contribution in [3.8, 4) is 5.75 Å². The van der Waals surface area contributed by atoms with Crippen LogP contribution in [0.1, 0.15) is 11.1 Å². The minimum absolute atomic E-state index is 0.0135. The van der Waals surface area contributed by atoms with Crippen molar-refractivity contribution >= 4 is 0 Å². The zero-order valence-electron chi connectivity index (χ0n) is 7.61. The van der Waals surface area contributed by atoms with Crippen molar-refractivity contribution in [1.82, 2.24) is 4.98 Å². The second-order valence-corrected chi connectivity index (χ2v) is 2.79. The molecular weight excluding hydrogens is 218 g/mol. The summed E-state index contributed by atoms with van der Waals surface area (Å²) in [6.07, 6.45) is -3.91. The molecule has 0 saturated carbocycles. The van der Waals surface area contributed by atoms with Crippen LogP contribution in [0.4, 0.5) is 17.6 Å². The van der Waals surface area contributed by atoms with E-state index in [0.29, 0.717) is 0 Å². The second kappa shape index (κ2) is 3.92. The highest BCUT2D eigenvalue weighted by atomic mass is 19.4. The number of alkyl halides is 4. The average Bonchev–Trinajstić information content (AvgIpc) is 2.10. The Labute approximate surface area is 81.7 Å². The largest absolute Gasteiger partial charge is 0.573 e. The van der Waals surface area contributed by atoms with Crippen LogP contribution in [-0.2, 0) is 6.67 Å². The number of H-pyrrole nitrogens is 1. The number of aromatic amines is 1. The first kappa shape index (κ1) is 11.5. The molecule has 0 radical (unpaired) electrons. The van der Waals surface area contributed by atoms with E-state index in [-0.39, 0.29) is 5.56 Å². The number of hydrogen-bond acceptors (Lipinski definition) is 2. The molecule has 1 aromatic heterocycles. The Balaban J connectivity index is 3.26. The van der Waals surface area contributed by atoms with Gasteiger partial charge in [-0.05, 0) is 6.92 Å². The molecule has 0 spiro atoms. The van der Waals surface area contributed by atoms with Gasteiger partial charge in [-0.15, -0.1) is 13.2 Å². The maximum Gasteiger partial charge on any atom is 0.573 e. The lowest BCUT2D eigenvalue weighted by atomic mass is 10.2. The number of ether oxygens (including phenoxy) is 1. The third-order valence-corrected chi connectivity index (χ3v) is 1.68. The summed E-state index contributed by atoms with van der Waals surface area (Å²) in [5.41, 5.74) is -1.57. The fourth-order valence-corrected chi connectivity index (χ4v) is 1.05. The molecule has 1 rings (SSSR count). The predicted molar refractivity (Wildman–Crippen MR) is 43.3 cm³/mol. The number of pyridine rings is 1. The van der Waals surface area contributed by atoms with Gasteiger partial charge in [-0.3, -0.25) is 4.79 Å². The third-order valence-electron chi connectivity index (χ3n) is 1.68. The Bertz CT molecular complexity index is 410. The van der Waals surface area contributed by atoms with Crippen molar-refractivity contribution in [2.24, 2.45) is 0 Å². The maximum absolute atomic E-state index is 12.3. The van der Waals surface area contributed by atoms with Gasteiger partial charge in [-0.2, -0.15) is 0 Å². The van der Waals surface area contributed by atoms with Crippen LogP contribution < -0.4 is 10.3 Å². The van der Waals surface area contributed by atoms with Crippen molar-refractivity contribution in [3.05, 3.63) is 27.7 Å². The molecule has 0 bridgehead atoms. The standard InChI is InChI=1S/C8H7F4NO2/c1-4-3-13-7(14)5(2-9)6(4)15-8(10,11)12/h3H,2H2,1H3,(H,13,14). The average molecular weight is 225 g/mol. The predicted octanol–water partition coefficient (Wildman–Crippen LogP) is 2.05. The molecule has 0 aromatic carbocycles. The van der Waals surface area contributed by atoms with Gasteiger partial charge in [0.25, 0.3) is 5.56 Å². The van der Waals surface area contributed by atoms with Crippen molar-refractivity contribution in [3.63, 3.8) is 0 Å². The Hall–Kier alpha value is -1.53. The third kappa shape index (κ3) is 2.71. The topological polar surface area (TPSA) is 42.1 Å². The van der Waals surface area contributed by atoms with Gasteiger partial charge in [-0.25, -0.2) is 4.39 Å². The van der Waals surface area contributed by atoms with E-state index >= 15 is 0 Å². The minimum atomic E-state index is -4.94. The van der Waals surface area contributed by atoms with Gasteiger partial charge in [0.05, 0.1) is 5.56 Å². The highest BCUT2D eigenvalue weighted by molar-refractivity contribution is 5.37. The number of halogens is 4. The molecule has 84 valence electrons. The molecule has 0 atom stereocenters. The molecule has 3 nitrogen and oxygen atoms in total. The van der Waals surface area contributed by atoms with Gasteiger partial charge in [0.15, 0.2) is 0 Å². The summed E-state index contributed by atoms with van der Waals surface area (Å²) in [5.74, 6) is -0.770. The number of rotatable bonds is 2. The maximum atomic E-state index is 12.3. The lowest BCUT2D eigenvalue weighted by Gasteiger charge is -2.13. The van der Waals surface area contributed by atoms with Gasteiger partial charge in [0, 0.05) is 11.8 Å². The van der Waals surface area contributed by atoms with Crippen molar-refractivity contribution in [2.45, 2.75) is 20.0 Å². The van der Waals surface area contributed by atoms with E-state index in [1.54, 1.807) is 0 Å². The fraction of sp³-hybridized carbons (Fsp3) is 0.375. The molecule has 1 heterocycles. The molecule has 1 aromatic rings. The first-order valence-corrected chi connectivity index (χ1v) is 3.88. The monoisotopic (exact) mass is 225 g/mol. The Kier molecular flexibility index (Phi) is 3.01. The molecule has 0 fully saturated rings. The Morgan fingerprint density at radius 1 is 1.47 bits per heavy atom. The van der Waals surface area contributed by atoms with E-state index < -0.39 is 29.9 Å². The summed E-state index contributed by atoms with van der Waals surface area (Å²) < 4.78 is 51.6. The zero-order valence-corrected chi connectivity index (χ0v) is 7.61. The van der Waals surface area contributed by atoms with E-state index in [4.69, 9.17) is 0 Å². The van der Waals surface area contributed by atoms with Crippen LogP contribution in [0.15, 0.2) is 11.0 Å². The van der Waals surface area contributed by atoms with Crippen LogP contribution in [0, 0.1) is 6.92 Å². The highest BCUT2D eigenvalue weighted by Crippen LogP contribution is 2.27. The van der Waals surface area contributed by atoms with Gasteiger partial charge in [-0.1, -0.05) is 0 Å². The van der Waals surface area contributed by atoms with Crippen LogP contribution >= 0.6 is 0 Å². The summed E-state index contributed by atoms with van der Waals surface area (Å²) in [6.45, 7) is -0.0431. The molecule has 7 heteroatoms. The molecule has 0 saturated heterocycles. The van der Waals surface area contributed by atoms with Gasteiger partial charge >= 0.3 is 6.36 Å². The van der Waals surface area contributed by atoms with Crippen molar-refractivity contribution < 1.29 is 22.3 Å². The minimum Gasteiger partial charge on any atom is -0.405 e. The number of hydrogen-bond donors (Lipinski definition) is 1. The quantitative estimate of drug-likeness (QED) is 0.782. The lowest BCUT2D eigenvalue weighted by Crippen LogP contribution is -2.22. The van der Waals surface area contributed by atoms with E-state index in [1.165, 1.54) is 6.92 Å². The molecule has 0 aliphatic rings. The molecule has 1 N–H and O–H groups in total. The van der Waals surface area contributed by atoms with Crippen LogP contribution in [0.3, 0.4) is 0 Å². The molecule has 0 aliphatic carbocycles. The Morgan fingerprint density at radius 2 is 2.07 bits per heavy atom. The van der Waals surface area contributed by atoms with E-state index in [1.807, 2.05) is 0 Å². The van der Waals surface area contributed by atoms with Gasteiger partial charge < -0.3 is 9.72 Å². The molecule has 15 heavy (non-hydrogen) atoms. The number of nitrogens with one attached hydrogen (secondary N) is 1. The number of aromatic nitrogens is 1. The van der Waals surface area contributed by atoms with Crippen LogP contribution in [0.25, 0.3) is 0 Å². The molecule has 0 aliphatic heterocycles. The molecular formula is C8H7F4NO2. The van der Waals surface area contributed by atoms with E-state index in [2.05, 4.69) is 9.72 Å². The van der Waals surface area contributed by atoms with Gasteiger partial charge in [0.1, 0.15) is 12.4 Å². The summed E-state index contributed by atoms with van der Waals surface area (Å²) in [4.78, 5) is 13.1. The van der Waals surface area contributed by atoms with Crippen LogP contribution in [0.5, 0.6) is 5.75 Å². The SMILES string of the molecule is Cc1c[nH]c(=O)c(CF)c1OC(F)(F)F. The van der Waals surface area contributed by atoms with E-state index in [9.17, 15) is 22.4 Å². The molecule has 0 unspecified atom stereocenters. The Morgan fingerprint density at radius 3 is 2.53 bits per heavy atom. The normalized spacial score (nSPS) is 11.5. The van der Waals surface area contributed by atoms with Crippen LogP contribution in [-0.4, -0.2) is 11.3 Å². The fourth-order valence-electron chi connectivity index (χ4n) is 1.05. The highest BCUT2D eigenvalue weighted by Gasteiger charge is 2.33. The smallest absolute Gasteiger partial charge is 0.405 e. The summed E-state index contributed by atoms with van der Waals surface area (Å²) in [7, 11) is 0. The molecule has 0 amide bonds. The second-order valence-electron chi connectivity index (χ2n) is 2.79. The van der Waals surface area contributed by atoms with Crippen molar-refractivity contribution in [2.75, 3.05) is 0 Å². The summed E-state index contributed by atoms with van der Waals surface area (Å²) in [5, 5.41) is 0. The summed E-state index contributed by atoms with van der Waals surface area (Å²) >= 11 is 0. The van der Waals surface area contributed by atoms with E-state index in [0.717, 1.165) is 6.20 Å².